The van der Waals surface area contributed by atoms with Crippen molar-refractivity contribution in [3.63, 3.8) is 0 Å². The number of hydrogen-bond acceptors (Lipinski definition) is 5. The molecule has 2 aliphatic heterocycles. The van der Waals surface area contributed by atoms with Gasteiger partial charge in [-0.15, -0.1) is 0 Å². The first-order valence-corrected chi connectivity index (χ1v) is 8.70. The van der Waals surface area contributed by atoms with Gasteiger partial charge in [-0.1, -0.05) is 0 Å². The van der Waals surface area contributed by atoms with Gasteiger partial charge in [-0.2, -0.15) is 4.98 Å². The van der Waals surface area contributed by atoms with E-state index in [4.69, 9.17) is 9.97 Å². The Morgan fingerprint density at radius 1 is 1.00 bits per heavy atom. The maximum Gasteiger partial charge on any atom is 0.227 e. The molecule has 2 aliphatic rings. The lowest BCUT2D eigenvalue weighted by Gasteiger charge is -2.33. The van der Waals surface area contributed by atoms with Crippen molar-refractivity contribution in [3.05, 3.63) is 11.3 Å². The summed E-state index contributed by atoms with van der Waals surface area (Å²) in [6.45, 7) is 13.1. The number of fused-ring (bicyclic) bond motifs is 1. The van der Waals surface area contributed by atoms with Crippen LogP contribution in [0.15, 0.2) is 0 Å². The lowest BCUT2D eigenvalue weighted by atomic mass is 10.0. The second-order valence-electron chi connectivity index (χ2n) is 7.10. The van der Waals surface area contributed by atoms with Crippen LogP contribution in [0.5, 0.6) is 0 Å². The highest BCUT2D eigenvalue weighted by atomic mass is 15.3. The Kier molecular flexibility index (Phi) is 4.52. The zero-order chi connectivity index (χ0) is 15.7. The summed E-state index contributed by atoms with van der Waals surface area (Å²) in [5.41, 5.74) is 2.55. The Morgan fingerprint density at radius 2 is 1.73 bits per heavy atom. The largest absolute Gasteiger partial charge is 0.367 e. The third kappa shape index (κ3) is 3.19. The quantitative estimate of drug-likeness (QED) is 0.926. The molecule has 0 unspecified atom stereocenters. The molecule has 0 saturated carbocycles. The molecule has 0 atom stereocenters. The number of aromatic nitrogens is 2. The molecule has 1 aromatic rings. The van der Waals surface area contributed by atoms with Crippen LogP contribution in [0.4, 0.5) is 11.8 Å². The molecule has 5 heteroatoms. The topological polar surface area (TPSA) is 44.3 Å². The molecule has 1 aromatic heterocycles. The summed E-state index contributed by atoms with van der Waals surface area (Å²) in [5.74, 6) is 1.98. The SMILES string of the molecule is CC(C)Nc1nc(N2CCCC2)nc2c1CN(C(C)C)CC2. The molecule has 122 valence electrons. The van der Waals surface area contributed by atoms with Crippen LogP contribution in [0.2, 0.25) is 0 Å². The predicted molar refractivity (Wildman–Crippen MR) is 91.5 cm³/mol. The van der Waals surface area contributed by atoms with Crippen LogP contribution < -0.4 is 10.2 Å². The summed E-state index contributed by atoms with van der Waals surface area (Å²) in [6.07, 6.45) is 3.55. The third-order valence-corrected chi connectivity index (χ3v) is 4.62. The molecule has 22 heavy (non-hydrogen) atoms. The van der Waals surface area contributed by atoms with Gasteiger partial charge in [0.1, 0.15) is 5.82 Å². The number of anilines is 2. The van der Waals surface area contributed by atoms with Crippen LogP contribution in [0.1, 0.15) is 51.8 Å². The van der Waals surface area contributed by atoms with E-state index in [1.165, 1.54) is 24.1 Å². The van der Waals surface area contributed by atoms with Crippen LogP contribution in [0.25, 0.3) is 0 Å². The normalized spacial score (nSPS) is 19.1. The van der Waals surface area contributed by atoms with Gasteiger partial charge in [0, 0.05) is 50.2 Å². The van der Waals surface area contributed by atoms with E-state index in [2.05, 4.69) is 42.8 Å². The smallest absolute Gasteiger partial charge is 0.227 e. The second kappa shape index (κ2) is 6.41. The lowest BCUT2D eigenvalue weighted by molar-refractivity contribution is 0.202. The molecule has 3 rings (SSSR count). The van der Waals surface area contributed by atoms with Gasteiger partial charge < -0.3 is 10.2 Å². The Morgan fingerprint density at radius 3 is 2.36 bits per heavy atom. The zero-order valence-corrected chi connectivity index (χ0v) is 14.4. The molecule has 5 nitrogen and oxygen atoms in total. The highest BCUT2D eigenvalue weighted by Crippen LogP contribution is 2.28. The van der Waals surface area contributed by atoms with E-state index >= 15 is 0 Å². The standard InChI is InChI=1S/C17H29N5/c1-12(2)18-16-14-11-22(13(3)4)10-7-15(14)19-17(20-16)21-8-5-6-9-21/h12-13H,5-11H2,1-4H3,(H,18,19,20). The third-order valence-electron chi connectivity index (χ3n) is 4.62. The van der Waals surface area contributed by atoms with Crippen LogP contribution in [-0.2, 0) is 13.0 Å². The van der Waals surface area contributed by atoms with Crippen LogP contribution >= 0.6 is 0 Å². The monoisotopic (exact) mass is 303 g/mol. The van der Waals surface area contributed by atoms with Crippen LogP contribution in [0.3, 0.4) is 0 Å². The Balaban J connectivity index is 1.94. The second-order valence-corrected chi connectivity index (χ2v) is 7.10. The van der Waals surface area contributed by atoms with Gasteiger partial charge in [0.15, 0.2) is 0 Å². The predicted octanol–water partition coefficient (Wildman–Crippen LogP) is 2.66. The molecule has 1 saturated heterocycles. The van der Waals surface area contributed by atoms with Crippen LogP contribution in [-0.4, -0.2) is 46.6 Å². The maximum absolute atomic E-state index is 4.91. The minimum absolute atomic E-state index is 0.389. The first-order chi connectivity index (χ1) is 10.5. The van der Waals surface area contributed by atoms with Crippen LogP contribution in [0, 0.1) is 0 Å². The summed E-state index contributed by atoms with van der Waals surface area (Å²) in [5, 5.41) is 3.55. The number of nitrogens with zero attached hydrogens (tertiary/aromatic N) is 4. The fourth-order valence-corrected chi connectivity index (χ4v) is 3.31. The summed E-state index contributed by atoms with van der Waals surface area (Å²) in [6, 6.07) is 0.957. The lowest BCUT2D eigenvalue weighted by Crippen LogP contribution is -2.37. The van der Waals surface area contributed by atoms with Crippen molar-refractivity contribution in [1.29, 1.82) is 0 Å². The van der Waals surface area contributed by atoms with Crippen molar-refractivity contribution in [2.75, 3.05) is 29.9 Å². The molecular formula is C17H29N5. The van der Waals surface area contributed by atoms with E-state index in [1.807, 2.05) is 0 Å². The van der Waals surface area contributed by atoms with Gasteiger partial charge in [-0.3, -0.25) is 4.90 Å². The highest BCUT2D eigenvalue weighted by Gasteiger charge is 2.26. The average molecular weight is 303 g/mol. The minimum Gasteiger partial charge on any atom is -0.367 e. The van der Waals surface area contributed by atoms with Gasteiger partial charge in [-0.05, 0) is 40.5 Å². The van der Waals surface area contributed by atoms with Crippen molar-refractivity contribution in [2.45, 2.75) is 65.6 Å². The Labute approximate surface area is 134 Å². The van der Waals surface area contributed by atoms with Crippen molar-refractivity contribution < 1.29 is 0 Å². The summed E-state index contributed by atoms with van der Waals surface area (Å²) < 4.78 is 0. The molecule has 0 aromatic carbocycles. The molecule has 0 spiro atoms. The first kappa shape index (κ1) is 15.5. The summed E-state index contributed by atoms with van der Waals surface area (Å²) in [4.78, 5) is 14.6. The van der Waals surface area contributed by atoms with Gasteiger partial charge in [-0.25, -0.2) is 4.98 Å². The molecule has 0 amide bonds. The molecule has 3 heterocycles. The minimum atomic E-state index is 0.389. The average Bonchev–Trinajstić information content (AvgIpc) is 3.00. The summed E-state index contributed by atoms with van der Waals surface area (Å²) >= 11 is 0. The van der Waals surface area contributed by atoms with Crippen molar-refractivity contribution in [1.82, 2.24) is 14.9 Å². The fraction of sp³-hybridized carbons (Fsp3) is 0.765. The van der Waals surface area contributed by atoms with E-state index in [0.29, 0.717) is 12.1 Å². The zero-order valence-electron chi connectivity index (χ0n) is 14.4. The van der Waals surface area contributed by atoms with Crippen molar-refractivity contribution in [2.24, 2.45) is 0 Å². The van der Waals surface area contributed by atoms with Crippen molar-refractivity contribution >= 4 is 11.8 Å². The molecule has 0 radical (unpaired) electrons. The van der Waals surface area contributed by atoms with E-state index in [9.17, 15) is 0 Å². The van der Waals surface area contributed by atoms with Gasteiger partial charge >= 0.3 is 0 Å². The number of rotatable bonds is 4. The van der Waals surface area contributed by atoms with E-state index in [0.717, 1.165) is 44.4 Å². The molecular weight excluding hydrogens is 274 g/mol. The van der Waals surface area contributed by atoms with Gasteiger partial charge in [0.05, 0.1) is 5.69 Å². The highest BCUT2D eigenvalue weighted by molar-refractivity contribution is 5.53. The Hall–Kier alpha value is -1.36. The van der Waals surface area contributed by atoms with E-state index < -0.39 is 0 Å². The maximum atomic E-state index is 4.91. The molecule has 0 bridgehead atoms. The molecule has 1 fully saturated rings. The number of hydrogen-bond donors (Lipinski definition) is 1. The molecule has 0 aliphatic carbocycles. The number of nitrogens with one attached hydrogen (secondary N) is 1. The Bertz CT molecular complexity index is 520. The molecule has 1 N–H and O–H groups in total. The van der Waals surface area contributed by atoms with Crippen molar-refractivity contribution in [3.8, 4) is 0 Å². The first-order valence-electron chi connectivity index (χ1n) is 8.70. The van der Waals surface area contributed by atoms with Gasteiger partial charge in [0.2, 0.25) is 5.95 Å². The fourth-order valence-electron chi connectivity index (χ4n) is 3.31. The summed E-state index contributed by atoms with van der Waals surface area (Å²) in [7, 11) is 0. The van der Waals surface area contributed by atoms with E-state index in [1.54, 1.807) is 0 Å². The van der Waals surface area contributed by atoms with Gasteiger partial charge in [0.25, 0.3) is 0 Å². The van der Waals surface area contributed by atoms with E-state index in [-0.39, 0.29) is 0 Å².